The number of amides is 1. The Labute approximate surface area is 243 Å². The number of hydrogen-bond donors (Lipinski definition) is 1. The highest BCUT2D eigenvalue weighted by Gasteiger charge is 2.33. The van der Waals surface area contributed by atoms with E-state index in [1.54, 1.807) is 9.58 Å². The van der Waals surface area contributed by atoms with Gasteiger partial charge in [0, 0.05) is 30.6 Å². The largest absolute Gasteiger partial charge is 0.443 e. The van der Waals surface area contributed by atoms with Crippen LogP contribution in [0.3, 0.4) is 0 Å². The van der Waals surface area contributed by atoms with Crippen LogP contribution in [0.25, 0.3) is 11.3 Å². The number of carbonyl (C=O) groups excluding carboxylic acids is 3. The van der Waals surface area contributed by atoms with E-state index in [0.29, 0.717) is 44.3 Å². The van der Waals surface area contributed by atoms with Crippen molar-refractivity contribution in [1.82, 2.24) is 15.1 Å². The van der Waals surface area contributed by atoms with Crippen LogP contribution in [0, 0.1) is 11.8 Å². The maximum Gasteiger partial charge on any atom is 0.414 e. The molecule has 1 aromatic carbocycles. The second kappa shape index (κ2) is 12.9. The molecule has 3 fully saturated rings. The second-order valence-electron chi connectivity index (χ2n) is 12.7. The molecule has 1 saturated heterocycles. The number of fused-ring (bicyclic) bond motifs is 3. The minimum atomic E-state index is -0.354. The molecule has 6 rings (SSSR count). The normalized spacial score (nSPS) is 21.7. The van der Waals surface area contributed by atoms with E-state index in [1.807, 2.05) is 18.3 Å². The Hall–Kier alpha value is -3.00. The number of carbonyl (C=O) groups is 3. The number of aryl methyl sites for hydroxylation is 2. The molecule has 4 aliphatic rings. The highest BCUT2D eigenvalue weighted by Crippen LogP contribution is 2.36. The molecule has 8 heteroatoms. The molecule has 1 atom stereocenters. The van der Waals surface area contributed by atoms with Crippen LogP contribution >= 0.6 is 0 Å². The Morgan fingerprint density at radius 3 is 2.37 bits per heavy atom. The first-order chi connectivity index (χ1) is 20.0. The maximum atomic E-state index is 13.4. The van der Waals surface area contributed by atoms with Crippen LogP contribution < -0.4 is 10.2 Å². The Balaban J connectivity index is 1.09. The summed E-state index contributed by atoms with van der Waals surface area (Å²) in [6.07, 6.45) is 17.3. The number of cyclic esters (lactones) is 1. The number of anilines is 1. The zero-order valence-corrected chi connectivity index (χ0v) is 24.2. The first kappa shape index (κ1) is 28.1. The van der Waals surface area contributed by atoms with E-state index in [2.05, 4.69) is 16.5 Å². The molecule has 8 nitrogen and oxygen atoms in total. The predicted molar refractivity (Wildman–Crippen MR) is 158 cm³/mol. The summed E-state index contributed by atoms with van der Waals surface area (Å²) in [5, 5.41) is 7.78. The van der Waals surface area contributed by atoms with E-state index in [1.165, 1.54) is 51.4 Å². The van der Waals surface area contributed by atoms with E-state index < -0.39 is 0 Å². The van der Waals surface area contributed by atoms with Crippen molar-refractivity contribution < 1.29 is 19.1 Å². The number of benzene rings is 1. The van der Waals surface area contributed by atoms with Crippen LogP contribution in [0.15, 0.2) is 24.4 Å². The van der Waals surface area contributed by atoms with Gasteiger partial charge < -0.3 is 10.1 Å². The van der Waals surface area contributed by atoms with Gasteiger partial charge in [-0.05, 0) is 67.2 Å². The van der Waals surface area contributed by atoms with Crippen molar-refractivity contribution in [2.24, 2.45) is 11.8 Å². The summed E-state index contributed by atoms with van der Waals surface area (Å²) >= 11 is 0. The van der Waals surface area contributed by atoms with Crippen molar-refractivity contribution in [3.8, 4) is 11.3 Å². The number of hydrogen-bond acceptors (Lipinski definition) is 6. The first-order valence-electron chi connectivity index (χ1n) is 16.0. The molecule has 1 N–H and O–H groups in total. The summed E-state index contributed by atoms with van der Waals surface area (Å²) in [6.45, 7) is 1.25. The van der Waals surface area contributed by atoms with Gasteiger partial charge in [0.15, 0.2) is 0 Å². The van der Waals surface area contributed by atoms with E-state index >= 15 is 0 Å². The van der Waals surface area contributed by atoms with Crippen LogP contribution in [0.2, 0.25) is 0 Å². The van der Waals surface area contributed by atoms with Gasteiger partial charge in [0.05, 0.1) is 25.0 Å². The fourth-order valence-corrected chi connectivity index (χ4v) is 7.42. The zero-order chi connectivity index (χ0) is 28.2. The molecule has 3 aliphatic carbocycles. The lowest BCUT2D eigenvalue weighted by Gasteiger charge is -2.21. The van der Waals surface area contributed by atoms with Gasteiger partial charge in [0.25, 0.3) is 0 Å². The topological polar surface area (TPSA) is 93.5 Å². The van der Waals surface area contributed by atoms with Crippen molar-refractivity contribution >= 4 is 23.5 Å². The molecule has 0 radical (unpaired) electrons. The predicted octanol–water partition coefficient (Wildman–Crippen LogP) is 6.10. The van der Waals surface area contributed by atoms with Crippen LogP contribution in [0.5, 0.6) is 0 Å². The van der Waals surface area contributed by atoms with Crippen LogP contribution in [0.4, 0.5) is 10.5 Å². The van der Waals surface area contributed by atoms with Crippen LogP contribution in [0.1, 0.15) is 99.4 Å². The minimum absolute atomic E-state index is 0.0887. The van der Waals surface area contributed by atoms with Gasteiger partial charge in [0.1, 0.15) is 11.9 Å². The standard InChI is InChI=1S/C33H44N4O4/c38-28(16-23-8-3-1-4-9-23)20-34-21-29-22-36(33(40)41-29)27-14-15-30-25(18-27)12-7-13-26-19-35-37(32(26)30)31(39)17-24-10-5-2-6-11-24/h14-15,18-19,23-24,29,34H,1-13,16-17,20-22H2/t29-/m0/s1. The molecule has 2 aromatic rings. The van der Waals surface area contributed by atoms with E-state index in [0.717, 1.165) is 60.2 Å². The van der Waals surface area contributed by atoms with Crippen LogP contribution in [-0.4, -0.2) is 53.3 Å². The van der Waals surface area contributed by atoms with Gasteiger partial charge in [0.2, 0.25) is 5.91 Å². The van der Waals surface area contributed by atoms with E-state index in [-0.39, 0.29) is 23.9 Å². The Bertz CT molecular complexity index is 1260. The zero-order valence-electron chi connectivity index (χ0n) is 24.2. The lowest BCUT2D eigenvalue weighted by molar-refractivity contribution is -0.119. The molecule has 2 heterocycles. The molecule has 1 aliphatic heterocycles. The van der Waals surface area contributed by atoms with Crippen molar-refractivity contribution in [2.75, 3.05) is 24.5 Å². The number of ketones is 1. The van der Waals surface area contributed by atoms with Crippen molar-refractivity contribution in [3.63, 3.8) is 0 Å². The van der Waals surface area contributed by atoms with Crippen molar-refractivity contribution in [2.45, 2.75) is 102 Å². The highest BCUT2D eigenvalue weighted by molar-refractivity contribution is 5.91. The molecule has 1 amide bonds. The molecule has 41 heavy (non-hydrogen) atoms. The third kappa shape index (κ3) is 6.58. The van der Waals surface area contributed by atoms with Gasteiger partial charge in [-0.25, -0.2) is 4.79 Å². The molecule has 0 spiro atoms. The number of nitrogens with zero attached hydrogens (tertiary/aromatic N) is 3. The summed E-state index contributed by atoms with van der Waals surface area (Å²) in [4.78, 5) is 40.3. The van der Waals surface area contributed by atoms with Gasteiger partial charge >= 0.3 is 6.09 Å². The fourth-order valence-electron chi connectivity index (χ4n) is 7.42. The van der Waals surface area contributed by atoms with Crippen LogP contribution in [-0.2, 0) is 22.4 Å². The number of aromatic nitrogens is 2. The Morgan fingerprint density at radius 2 is 1.61 bits per heavy atom. The molecular formula is C33H44N4O4. The maximum absolute atomic E-state index is 13.4. The summed E-state index contributed by atoms with van der Waals surface area (Å²) in [5.74, 6) is 1.34. The third-order valence-electron chi connectivity index (χ3n) is 9.63. The number of Topliss-reactive ketones (excluding diaryl/α,β-unsaturated/α-hetero) is 1. The lowest BCUT2D eigenvalue weighted by Crippen LogP contribution is -2.34. The van der Waals surface area contributed by atoms with Crippen molar-refractivity contribution in [1.29, 1.82) is 0 Å². The van der Waals surface area contributed by atoms with E-state index in [9.17, 15) is 14.4 Å². The highest BCUT2D eigenvalue weighted by atomic mass is 16.6. The smallest absolute Gasteiger partial charge is 0.414 e. The molecule has 2 saturated carbocycles. The van der Waals surface area contributed by atoms with Gasteiger partial charge in [-0.3, -0.25) is 14.5 Å². The van der Waals surface area contributed by atoms with E-state index in [4.69, 9.17) is 4.74 Å². The summed E-state index contributed by atoms with van der Waals surface area (Å²) in [5.41, 5.74) is 5.04. The molecule has 1 aromatic heterocycles. The summed E-state index contributed by atoms with van der Waals surface area (Å²) in [7, 11) is 0. The Kier molecular flexibility index (Phi) is 8.84. The molecular weight excluding hydrogens is 516 g/mol. The van der Waals surface area contributed by atoms with Crippen molar-refractivity contribution in [3.05, 3.63) is 35.5 Å². The SMILES string of the molecule is O=C(CNC[C@H]1CN(c2ccc3c(c2)CCCc2cnn(C(=O)CC4CCCCC4)c2-3)C(=O)O1)CC1CCCCC1. The molecule has 220 valence electrons. The van der Waals surface area contributed by atoms with Gasteiger partial charge in [-0.15, -0.1) is 0 Å². The molecule has 0 unspecified atom stereocenters. The average Bonchev–Trinajstić information content (AvgIpc) is 3.52. The third-order valence-corrected chi connectivity index (χ3v) is 9.63. The fraction of sp³-hybridized carbons (Fsp3) is 0.636. The number of nitrogens with one attached hydrogen (secondary N) is 1. The molecule has 0 bridgehead atoms. The summed E-state index contributed by atoms with van der Waals surface area (Å²) in [6, 6.07) is 6.09. The quantitative estimate of drug-likeness (QED) is 0.398. The first-order valence-corrected chi connectivity index (χ1v) is 16.0. The van der Waals surface area contributed by atoms with Gasteiger partial charge in [-0.1, -0.05) is 57.4 Å². The monoisotopic (exact) mass is 560 g/mol. The van der Waals surface area contributed by atoms with Gasteiger partial charge in [-0.2, -0.15) is 9.78 Å². The Morgan fingerprint density at radius 1 is 0.902 bits per heavy atom. The lowest BCUT2D eigenvalue weighted by atomic mass is 9.86. The average molecular weight is 561 g/mol. The number of rotatable bonds is 9. The number of ether oxygens (including phenoxy) is 1. The second-order valence-corrected chi connectivity index (χ2v) is 12.7. The minimum Gasteiger partial charge on any atom is -0.443 e. The summed E-state index contributed by atoms with van der Waals surface area (Å²) < 4.78 is 7.30.